The van der Waals surface area contributed by atoms with Gasteiger partial charge in [0.25, 0.3) is 5.91 Å². The van der Waals surface area contributed by atoms with E-state index in [-0.39, 0.29) is 5.91 Å². The Bertz CT molecular complexity index is 1150. The summed E-state index contributed by atoms with van der Waals surface area (Å²) >= 11 is 1.63. The van der Waals surface area contributed by atoms with Gasteiger partial charge in [0.2, 0.25) is 0 Å². The number of thiophene rings is 1. The van der Waals surface area contributed by atoms with Gasteiger partial charge in [0.05, 0.1) is 25.1 Å². The molecule has 0 spiro atoms. The maximum atomic E-state index is 12.8. The number of carbonyl (C=O) groups is 1. The van der Waals surface area contributed by atoms with Gasteiger partial charge in [-0.3, -0.25) is 4.79 Å². The Labute approximate surface area is 178 Å². The molecule has 0 saturated carbocycles. The van der Waals surface area contributed by atoms with E-state index >= 15 is 0 Å². The third-order valence-electron chi connectivity index (χ3n) is 5.27. The van der Waals surface area contributed by atoms with Gasteiger partial charge in [0.1, 0.15) is 4.83 Å². The summed E-state index contributed by atoms with van der Waals surface area (Å²) in [7, 11) is 0. The minimum absolute atomic E-state index is 0.152. The van der Waals surface area contributed by atoms with Crippen LogP contribution in [0.3, 0.4) is 0 Å². The van der Waals surface area contributed by atoms with Crippen molar-refractivity contribution in [2.24, 2.45) is 0 Å². The van der Waals surface area contributed by atoms with Gasteiger partial charge < -0.3 is 15.0 Å². The highest BCUT2D eigenvalue weighted by Gasteiger charge is 2.16. The third-order valence-corrected chi connectivity index (χ3v) is 6.19. The molecule has 1 aliphatic rings. The smallest absolute Gasteiger partial charge is 0.256 e. The van der Waals surface area contributed by atoms with E-state index in [0.717, 1.165) is 42.2 Å². The van der Waals surface area contributed by atoms with Gasteiger partial charge in [-0.05, 0) is 41.3 Å². The number of anilines is 2. The average molecular weight is 419 g/mol. The van der Waals surface area contributed by atoms with Crippen molar-refractivity contribution in [2.75, 3.05) is 36.5 Å². The number of aromatic nitrogens is 2. The Hall–Kier alpha value is -3.16. The molecule has 2 aromatic heterocycles. The molecular weight excluding hydrogens is 396 g/mol. The molecule has 6 nitrogen and oxygen atoms in total. The molecule has 1 fully saturated rings. The first-order chi connectivity index (χ1) is 14.8. The number of nitrogens with one attached hydrogen (secondary N) is 1. The molecule has 30 heavy (non-hydrogen) atoms. The summed E-state index contributed by atoms with van der Waals surface area (Å²) in [6.45, 7) is 3.90. The molecule has 5 rings (SSSR count). The molecule has 1 N–H and O–H groups in total. The standard InChI is InChI=1S/C23H22N4O2S/c28-22(18-6-8-19(9-7-18)26-11-13-29-14-12-26)24-21-20-10-15-30-23(20)27(25-21)16-17-4-2-1-3-5-17/h1-10,15H,11-14,16H2,(H,24,25,28). The number of amides is 1. The number of benzene rings is 2. The number of hydrogen-bond acceptors (Lipinski definition) is 5. The van der Waals surface area contributed by atoms with Crippen molar-refractivity contribution in [3.8, 4) is 0 Å². The van der Waals surface area contributed by atoms with Crippen LogP contribution >= 0.6 is 11.3 Å². The third kappa shape index (κ3) is 3.81. The van der Waals surface area contributed by atoms with Gasteiger partial charge >= 0.3 is 0 Å². The molecule has 3 heterocycles. The van der Waals surface area contributed by atoms with Crippen molar-refractivity contribution in [1.82, 2.24) is 9.78 Å². The van der Waals surface area contributed by atoms with Crippen LogP contribution in [0.15, 0.2) is 66.0 Å². The van der Waals surface area contributed by atoms with Gasteiger partial charge in [-0.2, -0.15) is 5.10 Å². The van der Waals surface area contributed by atoms with Crippen molar-refractivity contribution in [3.05, 3.63) is 77.2 Å². The van der Waals surface area contributed by atoms with E-state index in [1.165, 1.54) is 5.56 Å². The normalized spacial score (nSPS) is 14.2. The lowest BCUT2D eigenvalue weighted by Gasteiger charge is -2.28. The van der Waals surface area contributed by atoms with Gasteiger partial charge in [0.15, 0.2) is 5.82 Å². The second-order valence-electron chi connectivity index (χ2n) is 7.23. The van der Waals surface area contributed by atoms with Crippen molar-refractivity contribution in [3.63, 3.8) is 0 Å². The fourth-order valence-electron chi connectivity index (χ4n) is 3.68. The summed E-state index contributed by atoms with van der Waals surface area (Å²) in [5.41, 5.74) is 2.90. The summed E-state index contributed by atoms with van der Waals surface area (Å²) in [6, 6.07) is 19.9. The number of rotatable bonds is 5. The SMILES string of the molecule is O=C(Nc1nn(Cc2ccccc2)c2sccc12)c1ccc(N2CCOCC2)cc1. The van der Waals surface area contributed by atoms with Crippen LogP contribution in [0, 0.1) is 0 Å². The first-order valence-corrected chi connectivity index (χ1v) is 10.9. The predicted octanol–water partition coefficient (Wildman–Crippen LogP) is 4.24. The van der Waals surface area contributed by atoms with Crippen LogP contribution < -0.4 is 10.2 Å². The summed E-state index contributed by atoms with van der Waals surface area (Å²) in [5.74, 6) is 0.449. The maximum Gasteiger partial charge on any atom is 0.256 e. The van der Waals surface area contributed by atoms with Crippen LogP contribution in [-0.4, -0.2) is 42.0 Å². The van der Waals surface area contributed by atoms with Crippen molar-refractivity contribution >= 4 is 39.0 Å². The molecule has 1 saturated heterocycles. The van der Waals surface area contributed by atoms with Crippen molar-refractivity contribution < 1.29 is 9.53 Å². The lowest BCUT2D eigenvalue weighted by Crippen LogP contribution is -2.36. The number of nitrogens with zero attached hydrogens (tertiary/aromatic N) is 3. The number of ether oxygens (including phenoxy) is 1. The second-order valence-corrected chi connectivity index (χ2v) is 8.13. The summed E-state index contributed by atoms with van der Waals surface area (Å²) < 4.78 is 7.35. The molecule has 0 atom stereocenters. The van der Waals surface area contributed by atoms with E-state index in [4.69, 9.17) is 4.74 Å². The Morgan fingerprint density at radius 1 is 1.03 bits per heavy atom. The Morgan fingerprint density at radius 2 is 1.80 bits per heavy atom. The first-order valence-electron chi connectivity index (χ1n) is 10.00. The van der Waals surface area contributed by atoms with Crippen LogP contribution in [0.1, 0.15) is 15.9 Å². The Balaban J connectivity index is 1.34. The summed E-state index contributed by atoms with van der Waals surface area (Å²) in [5, 5.41) is 10.7. The summed E-state index contributed by atoms with van der Waals surface area (Å²) in [6.07, 6.45) is 0. The predicted molar refractivity (Wildman–Crippen MR) is 121 cm³/mol. The largest absolute Gasteiger partial charge is 0.378 e. The molecule has 0 bridgehead atoms. The highest BCUT2D eigenvalue weighted by atomic mass is 32.1. The number of carbonyl (C=O) groups excluding carboxylic acids is 1. The van der Waals surface area contributed by atoms with E-state index in [1.807, 2.05) is 58.6 Å². The maximum absolute atomic E-state index is 12.8. The van der Waals surface area contributed by atoms with Gasteiger partial charge in [0, 0.05) is 24.3 Å². The van der Waals surface area contributed by atoms with E-state index in [9.17, 15) is 4.79 Å². The molecule has 0 aliphatic carbocycles. The molecular formula is C23H22N4O2S. The van der Waals surface area contributed by atoms with Gasteiger partial charge in [-0.15, -0.1) is 11.3 Å². The van der Waals surface area contributed by atoms with Crippen molar-refractivity contribution in [1.29, 1.82) is 0 Å². The minimum atomic E-state index is -0.152. The quantitative estimate of drug-likeness (QED) is 0.527. The number of morpholine rings is 1. The van der Waals surface area contributed by atoms with Crippen molar-refractivity contribution in [2.45, 2.75) is 6.54 Å². The van der Waals surface area contributed by atoms with Crippen LogP contribution in [0.5, 0.6) is 0 Å². The van der Waals surface area contributed by atoms with Crippen LogP contribution in [-0.2, 0) is 11.3 Å². The van der Waals surface area contributed by atoms with Crippen LogP contribution in [0.2, 0.25) is 0 Å². The minimum Gasteiger partial charge on any atom is -0.378 e. The van der Waals surface area contributed by atoms with Gasteiger partial charge in [-0.1, -0.05) is 30.3 Å². The molecule has 2 aromatic carbocycles. The van der Waals surface area contributed by atoms with Gasteiger partial charge in [-0.25, -0.2) is 4.68 Å². The molecule has 7 heteroatoms. The van der Waals surface area contributed by atoms with Crippen LogP contribution in [0.25, 0.3) is 10.2 Å². The lowest BCUT2D eigenvalue weighted by molar-refractivity contribution is 0.102. The average Bonchev–Trinajstić information content (AvgIpc) is 3.40. The molecule has 0 unspecified atom stereocenters. The first kappa shape index (κ1) is 18.8. The fourth-order valence-corrected chi connectivity index (χ4v) is 4.53. The van der Waals surface area contributed by atoms with E-state index in [2.05, 4.69) is 27.4 Å². The zero-order valence-electron chi connectivity index (χ0n) is 16.5. The summed E-state index contributed by atoms with van der Waals surface area (Å²) in [4.78, 5) is 16.2. The monoisotopic (exact) mass is 418 g/mol. The zero-order valence-corrected chi connectivity index (χ0v) is 17.3. The topological polar surface area (TPSA) is 59.4 Å². The number of fused-ring (bicyclic) bond motifs is 1. The molecule has 0 radical (unpaired) electrons. The Morgan fingerprint density at radius 3 is 2.57 bits per heavy atom. The fraction of sp³-hybridized carbons (Fsp3) is 0.217. The zero-order chi connectivity index (χ0) is 20.3. The molecule has 1 aliphatic heterocycles. The highest BCUT2D eigenvalue weighted by Crippen LogP contribution is 2.29. The highest BCUT2D eigenvalue weighted by molar-refractivity contribution is 7.16. The second kappa shape index (κ2) is 8.30. The lowest BCUT2D eigenvalue weighted by atomic mass is 10.1. The molecule has 4 aromatic rings. The van der Waals surface area contributed by atoms with E-state index < -0.39 is 0 Å². The van der Waals surface area contributed by atoms with E-state index in [0.29, 0.717) is 17.9 Å². The molecule has 1 amide bonds. The van der Waals surface area contributed by atoms with Crippen LogP contribution in [0.4, 0.5) is 11.5 Å². The number of hydrogen-bond donors (Lipinski definition) is 1. The molecule has 152 valence electrons. The van der Waals surface area contributed by atoms with E-state index in [1.54, 1.807) is 11.3 Å². The Kier molecular flexibility index (Phi) is 5.21.